The zero-order valence-corrected chi connectivity index (χ0v) is 12.4. The van der Waals surface area contributed by atoms with Crippen LogP contribution in [0.1, 0.15) is 0 Å². The molecule has 0 fully saturated rings. The Morgan fingerprint density at radius 1 is 0.682 bits per heavy atom. The van der Waals surface area contributed by atoms with Crippen molar-refractivity contribution in [1.82, 2.24) is 9.97 Å². The summed E-state index contributed by atoms with van der Waals surface area (Å²) < 4.78 is 10.8. The van der Waals surface area contributed by atoms with E-state index in [9.17, 15) is 0 Å². The Bertz CT molecular complexity index is 886. The third kappa shape index (κ3) is 1.70. The average molecular weight is 292 g/mol. The van der Waals surface area contributed by atoms with E-state index in [2.05, 4.69) is 22.1 Å². The molecular weight excluding hydrogens is 276 g/mol. The van der Waals surface area contributed by atoms with Crippen LogP contribution in [0.15, 0.2) is 48.8 Å². The van der Waals surface area contributed by atoms with Crippen LogP contribution < -0.4 is 9.47 Å². The molecule has 0 atom stereocenters. The highest BCUT2D eigenvalue weighted by atomic mass is 16.5. The molecule has 22 heavy (non-hydrogen) atoms. The molecule has 4 heteroatoms. The molecule has 0 amide bonds. The molecule has 2 aromatic carbocycles. The van der Waals surface area contributed by atoms with Gasteiger partial charge in [0.1, 0.15) is 11.5 Å². The molecule has 0 unspecified atom stereocenters. The van der Waals surface area contributed by atoms with Crippen molar-refractivity contribution in [3.8, 4) is 22.6 Å². The van der Waals surface area contributed by atoms with Gasteiger partial charge < -0.3 is 19.4 Å². The summed E-state index contributed by atoms with van der Waals surface area (Å²) in [5, 5.41) is 2.28. The molecule has 0 aliphatic carbocycles. The van der Waals surface area contributed by atoms with Gasteiger partial charge in [0.25, 0.3) is 0 Å². The van der Waals surface area contributed by atoms with Crippen molar-refractivity contribution < 1.29 is 9.47 Å². The van der Waals surface area contributed by atoms with Crippen LogP contribution in [0.25, 0.3) is 32.9 Å². The quantitative estimate of drug-likeness (QED) is 0.590. The summed E-state index contributed by atoms with van der Waals surface area (Å²) >= 11 is 0. The molecule has 0 aliphatic rings. The second-order valence-corrected chi connectivity index (χ2v) is 5.17. The molecule has 4 nitrogen and oxygen atoms in total. The lowest BCUT2D eigenvalue weighted by Gasteiger charge is -2.03. The highest BCUT2D eigenvalue weighted by Crippen LogP contribution is 2.38. The Hall–Kier alpha value is -2.88. The van der Waals surface area contributed by atoms with Crippen molar-refractivity contribution in [2.24, 2.45) is 0 Å². The molecule has 0 spiro atoms. The van der Waals surface area contributed by atoms with E-state index in [1.165, 1.54) is 0 Å². The van der Waals surface area contributed by atoms with Gasteiger partial charge in [0.2, 0.25) is 0 Å². The summed E-state index contributed by atoms with van der Waals surface area (Å²) in [5.41, 5.74) is 4.32. The molecule has 0 saturated carbocycles. The van der Waals surface area contributed by atoms with Gasteiger partial charge >= 0.3 is 0 Å². The number of H-pyrrole nitrogens is 2. The minimum absolute atomic E-state index is 0.848. The van der Waals surface area contributed by atoms with E-state index in [4.69, 9.17) is 9.47 Å². The van der Waals surface area contributed by atoms with E-state index in [0.717, 1.165) is 44.4 Å². The Morgan fingerprint density at radius 2 is 1.14 bits per heavy atom. The predicted molar refractivity (Wildman–Crippen MR) is 88.7 cm³/mol. The van der Waals surface area contributed by atoms with Crippen molar-refractivity contribution in [2.75, 3.05) is 14.2 Å². The van der Waals surface area contributed by atoms with E-state index in [-0.39, 0.29) is 0 Å². The number of ether oxygens (including phenoxy) is 2. The SMILES string of the molecule is COc1cccc2c(-c3c[nH]c4c(OC)cccc34)c[nH]c12. The number of hydrogen-bond donors (Lipinski definition) is 2. The monoisotopic (exact) mass is 292 g/mol. The lowest BCUT2D eigenvalue weighted by molar-refractivity contribution is 0.419. The molecule has 2 aromatic heterocycles. The first kappa shape index (κ1) is 12.8. The molecule has 2 heterocycles. The molecule has 2 N–H and O–H groups in total. The minimum Gasteiger partial charge on any atom is -0.495 e. The maximum absolute atomic E-state index is 5.42. The Labute approximate surface area is 127 Å². The van der Waals surface area contributed by atoms with Gasteiger partial charge in [-0.3, -0.25) is 0 Å². The van der Waals surface area contributed by atoms with Crippen molar-refractivity contribution in [3.63, 3.8) is 0 Å². The van der Waals surface area contributed by atoms with E-state index in [0.29, 0.717) is 0 Å². The molecule has 110 valence electrons. The van der Waals surface area contributed by atoms with Crippen LogP contribution >= 0.6 is 0 Å². The topological polar surface area (TPSA) is 50.0 Å². The highest BCUT2D eigenvalue weighted by molar-refractivity contribution is 6.07. The van der Waals surface area contributed by atoms with Gasteiger partial charge in [-0.1, -0.05) is 24.3 Å². The lowest BCUT2D eigenvalue weighted by Crippen LogP contribution is -1.83. The Morgan fingerprint density at radius 3 is 1.55 bits per heavy atom. The molecular formula is C18H16N2O2. The number of para-hydroxylation sites is 2. The molecule has 0 bridgehead atoms. The minimum atomic E-state index is 0.848. The summed E-state index contributed by atoms with van der Waals surface area (Å²) in [6.45, 7) is 0. The maximum Gasteiger partial charge on any atom is 0.142 e. The van der Waals surface area contributed by atoms with Gasteiger partial charge in [0.15, 0.2) is 0 Å². The van der Waals surface area contributed by atoms with E-state index >= 15 is 0 Å². The predicted octanol–water partition coefficient (Wildman–Crippen LogP) is 4.33. The second-order valence-electron chi connectivity index (χ2n) is 5.17. The van der Waals surface area contributed by atoms with Crippen LogP contribution in [0, 0.1) is 0 Å². The number of nitrogens with one attached hydrogen (secondary N) is 2. The third-order valence-corrected chi connectivity index (χ3v) is 4.08. The van der Waals surface area contributed by atoms with Crippen LogP contribution in [-0.2, 0) is 0 Å². The summed E-state index contributed by atoms with van der Waals surface area (Å²) in [6, 6.07) is 12.1. The number of fused-ring (bicyclic) bond motifs is 2. The van der Waals surface area contributed by atoms with Gasteiger partial charge in [0.05, 0.1) is 25.3 Å². The van der Waals surface area contributed by atoms with Crippen LogP contribution in [-0.4, -0.2) is 24.2 Å². The van der Waals surface area contributed by atoms with E-state index < -0.39 is 0 Å². The fourth-order valence-electron chi connectivity index (χ4n) is 3.04. The van der Waals surface area contributed by atoms with Gasteiger partial charge in [-0.2, -0.15) is 0 Å². The molecule has 4 rings (SSSR count). The van der Waals surface area contributed by atoms with Crippen molar-refractivity contribution >= 4 is 21.8 Å². The molecule has 0 radical (unpaired) electrons. The largest absolute Gasteiger partial charge is 0.495 e. The summed E-state index contributed by atoms with van der Waals surface area (Å²) in [7, 11) is 3.37. The number of rotatable bonds is 3. The Kier molecular flexibility index (Phi) is 2.82. The number of benzene rings is 2. The fourth-order valence-corrected chi connectivity index (χ4v) is 3.04. The molecule has 0 aliphatic heterocycles. The summed E-state index contributed by atoms with van der Waals surface area (Å²) in [6.07, 6.45) is 4.05. The third-order valence-electron chi connectivity index (χ3n) is 4.08. The van der Waals surface area contributed by atoms with Crippen molar-refractivity contribution in [2.45, 2.75) is 0 Å². The van der Waals surface area contributed by atoms with Crippen LogP contribution in [0.2, 0.25) is 0 Å². The molecule has 4 aromatic rings. The van der Waals surface area contributed by atoms with E-state index in [1.807, 2.05) is 36.7 Å². The van der Waals surface area contributed by atoms with E-state index in [1.54, 1.807) is 14.2 Å². The number of aromatic amines is 2. The average Bonchev–Trinajstić information content (AvgIpc) is 3.17. The number of hydrogen-bond acceptors (Lipinski definition) is 2. The first-order valence-corrected chi connectivity index (χ1v) is 7.12. The van der Waals surface area contributed by atoms with Crippen LogP contribution in [0.3, 0.4) is 0 Å². The first-order chi connectivity index (χ1) is 10.8. The van der Waals surface area contributed by atoms with Crippen molar-refractivity contribution in [3.05, 3.63) is 48.8 Å². The summed E-state index contributed by atoms with van der Waals surface area (Å²) in [5.74, 6) is 1.70. The van der Waals surface area contributed by atoms with Crippen LogP contribution in [0.5, 0.6) is 11.5 Å². The zero-order chi connectivity index (χ0) is 15.1. The normalized spacial score (nSPS) is 11.2. The van der Waals surface area contributed by atoms with Gasteiger partial charge in [0, 0.05) is 34.3 Å². The fraction of sp³-hybridized carbons (Fsp3) is 0.111. The standard InChI is InChI=1S/C18H16N2O2/c1-21-15-7-3-5-11-13(9-19-17(11)15)14-10-20-18-12(14)6-4-8-16(18)22-2/h3-10,19-20H,1-2H3. The van der Waals surface area contributed by atoms with Gasteiger partial charge in [-0.15, -0.1) is 0 Å². The van der Waals surface area contributed by atoms with Gasteiger partial charge in [-0.25, -0.2) is 0 Å². The Balaban J connectivity index is 2.00. The summed E-state index contributed by atoms with van der Waals surface area (Å²) in [4.78, 5) is 6.64. The number of aromatic nitrogens is 2. The number of methoxy groups -OCH3 is 2. The lowest BCUT2D eigenvalue weighted by atomic mass is 10.0. The second kappa shape index (κ2) is 4.84. The van der Waals surface area contributed by atoms with Gasteiger partial charge in [-0.05, 0) is 12.1 Å². The zero-order valence-electron chi connectivity index (χ0n) is 12.4. The smallest absolute Gasteiger partial charge is 0.142 e. The highest BCUT2D eigenvalue weighted by Gasteiger charge is 2.14. The van der Waals surface area contributed by atoms with Crippen molar-refractivity contribution in [1.29, 1.82) is 0 Å². The van der Waals surface area contributed by atoms with Crippen LogP contribution in [0.4, 0.5) is 0 Å². The maximum atomic E-state index is 5.42. The molecule has 0 saturated heterocycles. The first-order valence-electron chi connectivity index (χ1n) is 7.12.